The first-order chi connectivity index (χ1) is 16.4. The van der Waals surface area contributed by atoms with Crippen LogP contribution < -0.4 is 16.2 Å². The molecule has 0 amide bonds. The topological polar surface area (TPSA) is 108 Å². The van der Waals surface area contributed by atoms with Crippen molar-refractivity contribution in [1.29, 1.82) is 0 Å². The number of benzene rings is 1. The highest BCUT2D eigenvalue weighted by molar-refractivity contribution is 8.15. The van der Waals surface area contributed by atoms with Crippen LogP contribution in [0.4, 0.5) is 27.6 Å². The molecule has 4 N–H and O–H groups in total. The molecule has 13 heteroatoms. The summed E-state index contributed by atoms with van der Waals surface area (Å²) in [5.41, 5.74) is 11.0. The van der Waals surface area contributed by atoms with Crippen molar-refractivity contribution < 1.29 is 31.4 Å². The van der Waals surface area contributed by atoms with Crippen molar-refractivity contribution in [1.82, 2.24) is 4.98 Å². The Hall–Kier alpha value is -2.93. The number of thioether (sulfide) groups is 1. The number of methoxy groups -OCH3 is 1. The number of halogens is 5. The number of fused-ring (bicyclic) bond motifs is 1. The molecule has 2 aliphatic rings. The number of alkyl halides is 3. The maximum absolute atomic E-state index is 15.0. The summed E-state index contributed by atoms with van der Waals surface area (Å²) in [6, 6.07) is 4.79. The summed E-state index contributed by atoms with van der Waals surface area (Å²) in [7, 11) is 1.56. The SMILES string of the molecule is COC[C@]12C[C@H]1[C@@](C)(c1cc(N=C(N)c3ccc(OCC(F)(F)F)cn3)cc(F)c1F)N=C(N)S2. The molecule has 1 aliphatic carbocycles. The highest BCUT2D eigenvalue weighted by Crippen LogP contribution is 2.66. The van der Waals surface area contributed by atoms with Crippen LogP contribution in [0, 0.1) is 17.6 Å². The Morgan fingerprint density at radius 2 is 2.03 bits per heavy atom. The molecule has 188 valence electrons. The maximum Gasteiger partial charge on any atom is 0.422 e. The van der Waals surface area contributed by atoms with Crippen LogP contribution in [0.3, 0.4) is 0 Å². The number of aromatic nitrogens is 1. The average Bonchev–Trinajstić information content (AvgIpc) is 3.49. The molecule has 0 bridgehead atoms. The van der Waals surface area contributed by atoms with Gasteiger partial charge in [-0.2, -0.15) is 13.2 Å². The van der Waals surface area contributed by atoms with Gasteiger partial charge in [-0.3, -0.25) is 4.99 Å². The summed E-state index contributed by atoms with van der Waals surface area (Å²) < 4.78 is 76.0. The van der Waals surface area contributed by atoms with E-state index in [1.807, 2.05) is 0 Å². The maximum atomic E-state index is 15.0. The molecule has 4 rings (SSSR count). The van der Waals surface area contributed by atoms with Crippen molar-refractivity contribution in [3.63, 3.8) is 0 Å². The zero-order valence-corrected chi connectivity index (χ0v) is 19.5. The molecule has 2 heterocycles. The highest BCUT2D eigenvalue weighted by atomic mass is 32.2. The van der Waals surface area contributed by atoms with Crippen LogP contribution in [0.1, 0.15) is 24.6 Å². The van der Waals surface area contributed by atoms with Gasteiger partial charge >= 0.3 is 6.18 Å². The lowest BCUT2D eigenvalue weighted by atomic mass is 9.85. The number of ether oxygens (including phenoxy) is 2. The predicted octanol–water partition coefficient (Wildman–Crippen LogP) is 4.02. The number of aliphatic imine (C=N–C) groups is 2. The summed E-state index contributed by atoms with van der Waals surface area (Å²) >= 11 is 1.37. The van der Waals surface area contributed by atoms with Gasteiger partial charge in [-0.1, -0.05) is 11.8 Å². The lowest BCUT2D eigenvalue weighted by Crippen LogP contribution is -2.37. The molecule has 1 saturated carbocycles. The number of nitrogens with zero attached hydrogens (tertiary/aromatic N) is 3. The molecular weight excluding hydrogens is 493 g/mol. The first-order valence-electron chi connectivity index (χ1n) is 10.4. The van der Waals surface area contributed by atoms with Gasteiger partial charge < -0.3 is 20.9 Å². The van der Waals surface area contributed by atoms with E-state index in [1.54, 1.807) is 14.0 Å². The quantitative estimate of drug-likeness (QED) is 0.328. The van der Waals surface area contributed by atoms with E-state index in [-0.39, 0.29) is 44.4 Å². The van der Waals surface area contributed by atoms with E-state index in [4.69, 9.17) is 16.2 Å². The first-order valence-corrected chi connectivity index (χ1v) is 11.2. The Kier molecular flexibility index (Phi) is 6.43. The summed E-state index contributed by atoms with van der Waals surface area (Å²) in [4.78, 5) is 12.5. The van der Waals surface area contributed by atoms with E-state index in [9.17, 15) is 22.0 Å². The standard InChI is InChI=1S/C22H22F5N5O2S/c1-20(16-7-21(16,9-33-2)35-19(29)32-20)13-5-11(6-14(23)17(13)24)31-18(28)15-4-3-12(8-30-15)34-10-22(25,26)27/h3-6,8,16H,7,9-10H2,1-2H3,(H2,28,31)(H2,29,32)/t16-,20+,21+/m0/s1. The van der Waals surface area contributed by atoms with Gasteiger partial charge in [0.05, 0.1) is 28.8 Å². The van der Waals surface area contributed by atoms with Crippen molar-refractivity contribution in [2.75, 3.05) is 20.3 Å². The van der Waals surface area contributed by atoms with Gasteiger partial charge in [0, 0.05) is 24.7 Å². The highest BCUT2D eigenvalue weighted by Gasteiger charge is 2.66. The van der Waals surface area contributed by atoms with E-state index in [0.717, 1.165) is 12.3 Å². The smallest absolute Gasteiger partial charge is 0.422 e. The van der Waals surface area contributed by atoms with Crippen molar-refractivity contribution in [3.8, 4) is 5.75 Å². The molecule has 1 aromatic heterocycles. The second kappa shape index (κ2) is 8.94. The first kappa shape index (κ1) is 25.2. The fourth-order valence-corrected chi connectivity index (χ4v) is 5.77. The Bertz CT molecular complexity index is 1190. The van der Waals surface area contributed by atoms with Crippen LogP contribution in [-0.4, -0.2) is 47.2 Å². The van der Waals surface area contributed by atoms with Crippen LogP contribution in [0.25, 0.3) is 0 Å². The van der Waals surface area contributed by atoms with Gasteiger partial charge in [-0.05, 0) is 31.5 Å². The Morgan fingerprint density at radius 1 is 1.29 bits per heavy atom. The normalized spacial score (nSPS) is 26.2. The minimum Gasteiger partial charge on any atom is -0.483 e. The van der Waals surface area contributed by atoms with Gasteiger partial charge in [-0.15, -0.1) is 0 Å². The zero-order valence-electron chi connectivity index (χ0n) is 18.7. The largest absolute Gasteiger partial charge is 0.483 e. The number of hydrogen-bond acceptors (Lipinski definition) is 7. The van der Waals surface area contributed by atoms with Crippen LogP contribution in [0.5, 0.6) is 5.75 Å². The van der Waals surface area contributed by atoms with Gasteiger partial charge in [-0.25, -0.2) is 18.8 Å². The molecule has 3 atom stereocenters. The lowest BCUT2D eigenvalue weighted by molar-refractivity contribution is -0.153. The molecule has 1 aromatic carbocycles. The Labute approximate surface area is 201 Å². The lowest BCUT2D eigenvalue weighted by Gasteiger charge is -2.34. The van der Waals surface area contributed by atoms with Crippen molar-refractivity contribution in [2.24, 2.45) is 27.4 Å². The second-order valence-corrected chi connectivity index (χ2v) is 9.96. The summed E-state index contributed by atoms with van der Waals surface area (Å²) in [5, 5.41) is 0.253. The van der Waals surface area contributed by atoms with Crippen LogP contribution in [0.15, 0.2) is 40.4 Å². The Morgan fingerprint density at radius 3 is 2.66 bits per heavy atom. The van der Waals surface area contributed by atoms with Crippen molar-refractivity contribution >= 4 is 28.5 Å². The number of amidine groups is 2. The molecule has 7 nitrogen and oxygen atoms in total. The predicted molar refractivity (Wildman–Crippen MR) is 122 cm³/mol. The number of rotatable bonds is 7. The van der Waals surface area contributed by atoms with E-state index in [0.29, 0.717) is 13.0 Å². The molecule has 1 aliphatic heterocycles. The Balaban J connectivity index is 1.63. The van der Waals surface area contributed by atoms with Crippen molar-refractivity contribution in [3.05, 3.63) is 53.4 Å². The molecule has 0 saturated heterocycles. The van der Waals surface area contributed by atoms with Gasteiger partial charge in [0.1, 0.15) is 17.3 Å². The van der Waals surface area contributed by atoms with E-state index in [1.165, 1.54) is 30.0 Å². The molecule has 0 spiro atoms. The van der Waals surface area contributed by atoms with Crippen molar-refractivity contribution in [2.45, 2.75) is 29.8 Å². The fourth-order valence-electron chi connectivity index (χ4n) is 4.32. The third kappa shape index (κ3) is 5.06. The van der Waals surface area contributed by atoms with Crippen LogP contribution in [-0.2, 0) is 10.3 Å². The third-order valence-corrected chi connectivity index (χ3v) is 7.23. The van der Waals surface area contributed by atoms with Gasteiger partial charge in [0.25, 0.3) is 0 Å². The van der Waals surface area contributed by atoms with E-state index < -0.39 is 30.0 Å². The van der Waals surface area contributed by atoms with E-state index in [2.05, 4.69) is 19.7 Å². The molecule has 1 fully saturated rings. The number of hydrogen-bond donors (Lipinski definition) is 2. The molecular formula is C22H22F5N5O2S. The molecule has 0 radical (unpaired) electrons. The molecule has 35 heavy (non-hydrogen) atoms. The number of nitrogens with two attached hydrogens (primary N) is 2. The average molecular weight is 516 g/mol. The fraction of sp³-hybridized carbons (Fsp3) is 0.409. The molecule has 0 unspecified atom stereocenters. The zero-order chi connectivity index (χ0) is 25.6. The summed E-state index contributed by atoms with van der Waals surface area (Å²) in [6.45, 7) is 0.612. The third-order valence-electron chi connectivity index (χ3n) is 5.95. The van der Waals surface area contributed by atoms with Crippen LogP contribution >= 0.6 is 11.8 Å². The van der Waals surface area contributed by atoms with E-state index >= 15 is 0 Å². The van der Waals surface area contributed by atoms with Crippen LogP contribution in [0.2, 0.25) is 0 Å². The number of pyridine rings is 1. The minimum atomic E-state index is -4.49. The molecule has 2 aromatic rings. The monoisotopic (exact) mass is 515 g/mol. The van der Waals surface area contributed by atoms with Gasteiger partial charge in [0.15, 0.2) is 23.4 Å². The van der Waals surface area contributed by atoms with Gasteiger partial charge in [0.2, 0.25) is 0 Å². The second-order valence-electron chi connectivity index (χ2n) is 8.52. The minimum absolute atomic E-state index is 0.0147. The summed E-state index contributed by atoms with van der Waals surface area (Å²) in [5.74, 6) is -2.60. The summed E-state index contributed by atoms with van der Waals surface area (Å²) in [6.07, 6.45) is -2.77.